The molecule has 1 heterocycles. The van der Waals surface area contributed by atoms with E-state index in [-0.39, 0.29) is 28.8 Å². The Labute approximate surface area is 160 Å². The maximum Gasteiger partial charge on any atom is 0.412 e. The van der Waals surface area contributed by atoms with Crippen LogP contribution in [0.4, 0.5) is 18.9 Å². The van der Waals surface area contributed by atoms with Crippen molar-refractivity contribution in [3.8, 4) is 11.8 Å². The van der Waals surface area contributed by atoms with E-state index in [1.807, 2.05) is 0 Å². The van der Waals surface area contributed by atoms with Crippen LogP contribution in [0.25, 0.3) is 0 Å². The summed E-state index contributed by atoms with van der Waals surface area (Å²) < 4.78 is 48.8. The lowest BCUT2D eigenvalue weighted by Gasteiger charge is -2.41. The predicted molar refractivity (Wildman–Crippen MR) is 97.5 cm³/mol. The molecule has 7 heteroatoms. The van der Waals surface area contributed by atoms with Crippen molar-refractivity contribution in [3.63, 3.8) is 0 Å². The molecular weight excluding hydrogens is 379 g/mol. The Morgan fingerprint density at radius 1 is 1.41 bits per heavy atom. The Morgan fingerprint density at radius 2 is 2.11 bits per heavy atom. The van der Waals surface area contributed by atoms with E-state index in [4.69, 9.17) is 16.3 Å². The Bertz CT molecular complexity index is 845. The number of hydrogen-bond donors (Lipinski definition) is 1. The highest BCUT2D eigenvalue weighted by Crippen LogP contribution is 2.50. The summed E-state index contributed by atoms with van der Waals surface area (Å²) in [6.45, 7) is 3.46. The molecule has 1 aromatic carbocycles. The average molecular weight is 398 g/mol. The fourth-order valence-corrected chi connectivity index (χ4v) is 3.12. The van der Waals surface area contributed by atoms with Crippen molar-refractivity contribution in [2.45, 2.75) is 44.4 Å². The molecular formula is C20H19ClF3NO2. The molecule has 1 saturated carbocycles. The first-order valence-corrected chi connectivity index (χ1v) is 8.98. The molecule has 144 valence electrons. The van der Waals surface area contributed by atoms with E-state index in [9.17, 15) is 18.0 Å². The predicted octanol–water partition coefficient (Wildman–Crippen LogP) is 4.86. The van der Waals surface area contributed by atoms with E-state index in [1.165, 1.54) is 18.2 Å². The SMILES string of the molecule is CC(C)=CCO[C@H]1C(=O)Nc2ccc(Cl)cc2[C@]1(C#CC1CC1)C(F)(F)F. The third-order valence-electron chi connectivity index (χ3n) is 4.55. The fraction of sp³-hybridized carbons (Fsp3) is 0.450. The topological polar surface area (TPSA) is 38.3 Å². The van der Waals surface area contributed by atoms with E-state index in [1.54, 1.807) is 19.9 Å². The maximum atomic E-state index is 14.5. The minimum absolute atomic E-state index is 0.0499. The molecule has 0 bridgehead atoms. The van der Waals surface area contributed by atoms with Gasteiger partial charge >= 0.3 is 6.18 Å². The number of hydrogen-bond acceptors (Lipinski definition) is 2. The van der Waals surface area contributed by atoms with Crippen LogP contribution in [0.15, 0.2) is 29.8 Å². The number of rotatable bonds is 3. The molecule has 1 amide bonds. The second-order valence-electron chi connectivity index (χ2n) is 7.02. The number of halogens is 4. The van der Waals surface area contributed by atoms with Gasteiger partial charge in [-0.15, -0.1) is 0 Å². The fourth-order valence-electron chi connectivity index (χ4n) is 2.95. The number of ether oxygens (including phenoxy) is 1. The normalized spacial score (nSPS) is 24.4. The van der Waals surface area contributed by atoms with Crippen molar-refractivity contribution in [2.24, 2.45) is 5.92 Å². The molecule has 1 N–H and O–H groups in total. The van der Waals surface area contributed by atoms with Gasteiger partial charge < -0.3 is 10.1 Å². The van der Waals surface area contributed by atoms with Crippen LogP contribution >= 0.6 is 11.6 Å². The highest BCUT2D eigenvalue weighted by atomic mass is 35.5. The monoisotopic (exact) mass is 397 g/mol. The van der Waals surface area contributed by atoms with Crippen LogP contribution < -0.4 is 5.32 Å². The number of nitrogens with one attached hydrogen (secondary N) is 1. The summed E-state index contributed by atoms with van der Waals surface area (Å²) in [6, 6.07) is 4.00. The second kappa shape index (κ2) is 7.21. The molecule has 1 aromatic rings. The van der Waals surface area contributed by atoms with Gasteiger partial charge in [-0.1, -0.05) is 35.1 Å². The minimum Gasteiger partial charge on any atom is -0.362 e. The van der Waals surface area contributed by atoms with E-state index in [0.717, 1.165) is 18.4 Å². The molecule has 1 aliphatic heterocycles. The summed E-state index contributed by atoms with van der Waals surface area (Å²) in [5.74, 6) is 4.15. The van der Waals surface area contributed by atoms with Crippen LogP contribution in [-0.2, 0) is 14.9 Å². The van der Waals surface area contributed by atoms with Crippen molar-refractivity contribution in [3.05, 3.63) is 40.4 Å². The van der Waals surface area contributed by atoms with Gasteiger partial charge in [-0.2, -0.15) is 13.2 Å². The molecule has 0 spiro atoms. The Hall–Kier alpha value is -1.97. The van der Waals surface area contributed by atoms with E-state index in [0.29, 0.717) is 0 Å². The molecule has 3 rings (SSSR count). The zero-order valence-electron chi connectivity index (χ0n) is 14.9. The number of anilines is 1. The number of amides is 1. The number of allylic oxidation sites excluding steroid dienone is 1. The summed E-state index contributed by atoms with van der Waals surface area (Å²) in [5.41, 5.74) is -2.03. The Kier molecular flexibility index (Phi) is 5.29. The number of alkyl halides is 3. The number of fused-ring (bicyclic) bond motifs is 1. The highest BCUT2D eigenvalue weighted by Gasteiger charge is 2.65. The third kappa shape index (κ3) is 3.85. The molecule has 1 fully saturated rings. The summed E-state index contributed by atoms with van der Waals surface area (Å²) >= 11 is 5.98. The zero-order valence-corrected chi connectivity index (χ0v) is 15.7. The Morgan fingerprint density at radius 3 is 2.70 bits per heavy atom. The van der Waals surface area contributed by atoms with Crippen LogP contribution in [0.1, 0.15) is 32.3 Å². The average Bonchev–Trinajstić information content (AvgIpc) is 3.37. The zero-order chi connectivity index (χ0) is 19.8. The second-order valence-corrected chi connectivity index (χ2v) is 7.46. The smallest absolute Gasteiger partial charge is 0.362 e. The van der Waals surface area contributed by atoms with Crippen LogP contribution in [-0.4, -0.2) is 24.8 Å². The molecule has 0 saturated heterocycles. The van der Waals surface area contributed by atoms with Crippen LogP contribution in [0.2, 0.25) is 5.02 Å². The van der Waals surface area contributed by atoms with Gasteiger partial charge in [-0.25, -0.2) is 0 Å². The lowest BCUT2D eigenvalue weighted by molar-refractivity contribution is -0.205. The van der Waals surface area contributed by atoms with Gasteiger partial charge in [0.15, 0.2) is 11.5 Å². The molecule has 2 aliphatic rings. The number of carbonyl (C=O) groups excluding carboxylic acids is 1. The van der Waals surface area contributed by atoms with Gasteiger partial charge in [-0.3, -0.25) is 4.79 Å². The summed E-state index contributed by atoms with van der Waals surface area (Å²) in [6.07, 6.45) is -3.51. The van der Waals surface area contributed by atoms with Crippen molar-refractivity contribution < 1.29 is 22.7 Å². The molecule has 3 nitrogen and oxygen atoms in total. The van der Waals surface area contributed by atoms with Gasteiger partial charge in [0.05, 0.1) is 6.61 Å². The van der Waals surface area contributed by atoms with Crippen molar-refractivity contribution in [1.29, 1.82) is 0 Å². The molecule has 0 unspecified atom stereocenters. The van der Waals surface area contributed by atoms with Crippen LogP contribution in [0.5, 0.6) is 0 Å². The van der Waals surface area contributed by atoms with Gasteiger partial charge in [0.2, 0.25) is 0 Å². The van der Waals surface area contributed by atoms with Crippen LogP contribution in [0.3, 0.4) is 0 Å². The quantitative estimate of drug-likeness (QED) is 0.584. The van der Waals surface area contributed by atoms with Crippen molar-refractivity contribution >= 4 is 23.2 Å². The maximum absolute atomic E-state index is 14.5. The molecule has 2 atom stereocenters. The van der Waals surface area contributed by atoms with E-state index in [2.05, 4.69) is 17.2 Å². The molecule has 0 aromatic heterocycles. The largest absolute Gasteiger partial charge is 0.412 e. The summed E-state index contributed by atoms with van der Waals surface area (Å²) in [4.78, 5) is 12.6. The third-order valence-corrected chi connectivity index (χ3v) is 4.78. The van der Waals surface area contributed by atoms with Crippen molar-refractivity contribution in [2.75, 3.05) is 11.9 Å². The minimum atomic E-state index is -4.83. The highest BCUT2D eigenvalue weighted by molar-refractivity contribution is 6.30. The number of benzene rings is 1. The first-order chi connectivity index (χ1) is 12.6. The lowest BCUT2D eigenvalue weighted by atomic mass is 9.71. The van der Waals surface area contributed by atoms with Gasteiger partial charge in [0.1, 0.15) is 0 Å². The van der Waals surface area contributed by atoms with Crippen molar-refractivity contribution in [1.82, 2.24) is 0 Å². The van der Waals surface area contributed by atoms with E-state index >= 15 is 0 Å². The van der Waals surface area contributed by atoms with Gasteiger partial charge in [0, 0.05) is 22.2 Å². The first-order valence-electron chi connectivity index (χ1n) is 8.60. The first kappa shape index (κ1) is 19.8. The summed E-state index contributed by atoms with van der Waals surface area (Å²) in [7, 11) is 0. The lowest BCUT2D eigenvalue weighted by Crippen LogP contribution is -2.59. The molecule has 1 aliphatic carbocycles. The molecule has 27 heavy (non-hydrogen) atoms. The van der Waals surface area contributed by atoms with Gasteiger partial charge in [-0.05, 0) is 44.9 Å². The number of carbonyl (C=O) groups is 1. The summed E-state index contributed by atoms with van der Waals surface area (Å²) in [5, 5.41) is 2.63. The van der Waals surface area contributed by atoms with E-state index < -0.39 is 23.6 Å². The molecule has 0 radical (unpaired) electrons. The Balaban J connectivity index is 2.19. The standard InChI is InChI=1S/C20H19ClF3NO2/c1-12(2)8-10-27-17-18(26)25-16-6-5-14(21)11-15(16)19(17,20(22,23)24)9-7-13-3-4-13/h5-6,8,11,13,17H,3-4,10H2,1-2H3,(H,25,26)/t17-,19-/m0/s1. The van der Waals surface area contributed by atoms with Crippen LogP contribution in [0, 0.1) is 17.8 Å². The van der Waals surface area contributed by atoms with Gasteiger partial charge in [0.25, 0.3) is 5.91 Å².